The molecular weight excluding hydrogens is 304 g/mol. The van der Waals surface area contributed by atoms with Gasteiger partial charge in [0, 0.05) is 10.8 Å². The summed E-state index contributed by atoms with van der Waals surface area (Å²) in [5, 5.41) is 40.3. The molecule has 0 aromatic heterocycles. The molecule has 4 N–H and O–H groups in total. The molecule has 0 saturated heterocycles. The van der Waals surface area contributed by atoms with Gasteiger partial charge in [-0.3, -0.25) is 0 Å². The van der Waals surface area contributed by atoms with Gasteiger partial charge in [-0.15, -0.1) is 0 Å². The molecule has 0 atom stereocenters. The minimum absolute atomic E-state index is 0.116. The van der Waals surface area contributed by atoms with Crippen LogP contribution in [0.4, 0.5) is 0 Å². The number of rotatable bonds is 0. The Hall–Kier alpha value is -3.40. The molecule has 120 valence electrons. The molecule has 0 heterocycles. The number of hydrogen-bond donors (Lipinski definition) is 4. The summed E-state index contributed by atoms with van der Waals surface area (Å²) in [6.45, 7) is 0. The van der Waals surface area contributed by atoms with E-state index in [1.54, 1.807) is 60.7 Å². The van der Waals surface area contributed by atoms with Crippen molar-refractivity contribution >= 4 is 21.5 Å². The number of benzene rings is 4. The summed E-state index contributed by atoms with van der Waals surface area (Å²) in [4.78, 5) is 0. The Morgan fingerprint density at radius 3 is 1.21 bits per heavy atom. The zero-order valence-electron chi connectivity index (χ0n) is 12.7. The third-order valence-electron chi connectivity index (χ3n) is 3.74. The Morgan fingerprint density at radius 2 is 0.792 bits per heavy atom. The fourth-order valence-electron chi connectivity index (χ4n) is 2.58. The van der Waals surface area contributed by atoms with Gasteiger partial charge in [0.1, 0.15) is 23.0 Å². The molecule has 0 aliphatic heterocycles. The van der Waals surface area contributed by atoms with Crippen LogP contribution in [-0.4, -0.2) is 20.4 Å². The van der Waals surface area contributed by atoms with Crippen LogP contribution >= 0.6 is 0 Å². The second-order valence-corrected chi connectivity index (χ2v) is 5.30. The smallest absolute Gasteiger partial charge is 0.127 e. The fourth-order valence-corrected chi connectivity index (χ4v) is 2.58. The summed E-state index contributed by atoms with van der Waals surface area (Å²) in [5.41, 5.74) is 0. The van der Waals surface area contributed by atoms with Crippen molar-refractivity contribution in [2.45, 2.75) is 0 Å². The maximum Gasteiger partial charge on any atom is 0.127 e. The summed E-state index contributed by atoms with van der Waals surface area (Å²) in [6.07, 6.45) is 0. The van der Waals surface area contributed by atoms with Gasteiger partial charge in [0.2, 0.25) is 0 Å². The molecule has 0 saturated carbocycles. The van der Waals surface area contributed by atoms with Gasteiger partial charge in [-0.25, -0.2) is 0 Å². The van der Waals surface area contributed by atoms with E-state index in [4.69, 9.17) is 0 Å². The Labute approximate surface area is 138 Å². The number of fused-ring (bicyclic) bond motifs is 2. The maximum absolute atomic E-state index is 9.39. The second-order valence-electron chi connectivity index (χ2n) is 5.30. The normalized spacial score (nSPS) is 10.3. The van der Waals surface area contributed by atoms with Gasteiger partial charge < -0.3 is 20.4 Å². The highest BCUT2D eigenvalue weighted by atomic mass is 16.3. The van der Waals surface area contributed by atoms with E-state index in [2.05, 4.69) is 0 Å². The first-order valence-corrected chi connectivity index (χ1v) is 7.37. The number of hydrogen-bond acceptors (Lipinski definition) is 4. The highest BCUT2D eigenvalue weighted by molar-refractivity contribution is 5.93. The van der Waals surface area contributed by atoms with Gasteiger partial charge in [0.15, 0.2) is 0 Å². The van der Waals surface area contributed by atoms with Crippen molar-refractivity contribution in [3.63, 3.8) is 0 Å². The first kappa shape index (κ1) is 15.5. The van der Waals surface area contributed by atoms with E-state index < -0.39 is 0 Å². The molecule has 4 aromatic carbocycles. The summed E-state index contributed by atoms with van der Waals surface area (Å²) in [5.74, 6) is 0.628. The van der Waals surface area contributed by atoms with Crippen LogP contribution < -0.4 is 0 Å². The first-order valence-electron chi connectivity index (χ1n) is 7.37. The molecule has 0 bridgehead atoms. The van der Waals surface area contributed by atoms with Crippen LogP contribution in [0.1, 0.15) is 0 Å². The number of aromatic hydroxyl groups is 4. The van der Waals surface area contributed by atoms with Crippen molar-refractivity contribution in [1.29, 1.82) is 0 Å². The molecule has 0 amide bonds. The molecule has 4 nitrogen and oxygen atoms in total. The monoisotopic (exact) mass is 320 g/mol. The van der Waals surface area contributed by atoms with Crippen molar-refractivity contribution in [2.75, 3.05) is 0 Å². The van der Waals surface area contributed by atoms with Gasteiger partial charge in [0.25, 0.3) is 0 Å². The Bertz CT molecular complexity index is 931. The van der Waals surface area contributed by atoms with Crippen molar-refractivity contribution in [1.82, 2.24) is 0 Å². The average Bonchev–Trinajstić information content (AvgIpc) is 2.57. The molecule has 0 unspecified atom stereocenters. The van der Waals surface area contributed by atoms with E-state index in [1.807, 2.05) is 12.1 Å². The van der Waals surface area contributed by atoms with Crippen molar-refractivity contribution in [2.24, 2.45) is 0 Å². The lowest BCUT2D eigenvalue weighted by Crippen LogP contribution is -1.73. The predicted molar refractivity (Wildman–Crippen MR) is 94.6 cm³/mol. The maximum atomic E-state index is 9.39. The lowest BCUT2D eigenvalue weighted by molar-refractivity contribution is 0.464. The molecule has 24 heavy (non-hydrogen) atoms. The van der Waals surface area contributed by atoms with Gasteiger partial charge in [0.05, 0.1) is 5.39 Å². The Morgan fingerprint density at radius 1 is 0.417 bits per heavy atom. The average molecular weight is 320 g/mol. The van der Waals surface area contributed by atoms with Gasteiger partial charge in [-0.05, 0) is 29.7 Å². The second kappa shape index (κ2) is 6.38. The van der Waals surface area contributed by atoms with Gasteiger partial charge in [-0.2, -0.15) is 0 Å². The largest absolute Gasteiger partial charge is 0.507 e. The zero-order chi connectivity index (χ0) is 17.1. The predicted octanol–water partition coefficient (Wildman–Crippen LogP) is 4.50. The van der Waals surface area contributed by atoms with Crippen LogP contribution in [0, 0.1) is 0 Å². The lowest BCUT2D eigenvalue weighted by atomic mass is 10.1. The van der Waals surface area contributed by atoms with Crippen LogP contribution in [0.3, 0.4) is 0 Å². The zero-order valence-corrected chi connectivity index (χ0v) is 12.7. The van der Waals surface area contributed by atoms with E-state index in [0.717, 1.165) is 5.39 Å². The van der Waals surface area contributed by atoms with E-state index in [0.29, 0.717) is 16.2 Å². The molecule has 0 aliphatic rings. The Balaban J connectivity index is 0.000000141. The van der Waals surface area contributed by atoms with Crippen LogP contribution in [-0.2, 0) is 0 Å². The molecule has 0 fully saturated rings. The van der Waals surface area contributed by atoms with Crippen LogP contribution in [0.25, 0.3) is 21.5 Å². The van der Waals surface area contributed by atoms with Crippen LogP contribution in [0.15, 0.2) is 72.8 Å². The minimum Gasteiger partial charge on any atom is -0.507 e. The quantitative estimate of drug-likeness (QED) is 0.384. The standard InChI is InChI=1S/2C10H8O2/c11-9-5-1-3-7-8(9)4-2-6-10(7)12;11-8-5-1-3-7-4-2-6-9(12)10(7)8/h2*1-6,11-12H. The van der Waals surface area contributed by atoms with Crippen molar-refractivity contribution in [3.05, 3.63) is 72.8 Å². The van der Waals surface area contributed by atoms with E-state index in [9.17, 15) is 20.4 Å². The van der Waals surface area contributed by atoms with E-state index in [-0.39, 0.29) is 23.0 Å². The molecule has 4 heteroatoms. The number of phenolic OH excluding ortho intramolecular Hbond substituents is 4. The van der Waals surface area contributed by atoms with Gasteiger partial charge >= 0.3 is 0 Å². The summed E-state index contributed by atoms with van der Waals surface area (Å²) >= 11 is 0. The van der Waals surface area contributed by atoms with Crippen LogP contribution in [0.2, 0.25) is 0 Å². The molecule has 4 rings (SSSR count). The van der Waals surface area contributed by atoms with Gasteiger partial charge in [-0.1, -0.05) is 48.5 Å². The molecule has 0 aliphatic carbocycles. The highest BCUT2D eigenvalue weighted by Gasteiger charge is 2.02. The highest BCUT2D eigenvalue weighted by Crippen LogP contribution is 2.32. The number of phenols is 4. The molecule has 0 spiro atoms. The first-order chi connectivity index (χ1) is 11.6. The van der Waals surface area contributed by atoms with Crippen LogP contribution in [0.5, 0.6) is 23.0 Å². The minimum atomic E-state index is 0.116. The summed E-state index contributed by atoms with van der Waals surface area (Å²) in [6, 6.07) is 20.4. The van der Waals surface area contributed by atoms with Crippen molar-refractivity contribution in [3.8, 4) is 23.0 Å². The van der Waals surface area contributed by atoms with E-state index in [1.165, 1.54) is 0 Å². The molecular formula is C20H16O4. The summed E-state index contributed by atoms with van der Waals surface area (Å²) in [7, 11) is 0. The van der Waals surface area contributed by atoms with E-state index >= 15 is 0 Å². The fraction of sp³-hybridized carbons (Fsp3) is 0. The summed E-state index contributed by atoms with van der Waals surface area (Å²) < 4.78 is 0. The Kier molecular flexibility index (Phi) is 4.12. The lowest BCUT2D eigenvalue weighted by Gasteiger charge is -2.01. The SMILES string of the molecule is Oc1cccc2c(O)cccc12.Oc1cccc2cccc(O)c12. The third-order valence-corrected chi connectivity index (χ3v) is 3.74. The molecule has 0 radical (unpaired) electrons. The molecule has 4 aromatic rings. The third kappa shape index (κ3) is 2.90. The topological polar surface area (TPSA) is 80.9 Å². The van der Waals surface area contributed by atoms with Crippen molar-refractivity contribution < 1.29 is 20.4 Å².